The molecule has 0 N–H and O–H groups in total. The molecule has 0 aromatic rings. The van der Waals surface area contributed by atoms with Crippen LogP contribution in [0.2, 0.25) is 0 Å². The van der Waals surface area contributed by atoms with E-state index in [0.717, 1.165) is 0 Å². The summed E-state index contributed by atoms with van der Waals surface area (Å²) >= 11 is 0. The first kappa shape index (κ1) is 65.4. The lowest BCUT2D eigenvalue weighted by Crippen LogP contribution is -2.13. The molecule has 0 radical (unpaired) electrons. The Morgan fingerprint density at radius 3 is 0.323 bits per heavy atom. The highest BCUT2D eigenvalue weighted by atomic mass is 31.2. The summed E-state index contributed by atoms with van der Waals surface area (Å²) in [5.41, 5.74) is 0. The molecule has 0 amide bonds. The van der Waals surface area contributed by atoms with Gasteiger partial charge < -0.3 is 0 Å². The minimum Gasteiger partial charge on any atom is -0.0654 e. The lowest BCUT2D eigenvalue weighted by molar-refractivity contribution is 0.528. The normalized spacial score (nSPS) is 12.0. The molecule has 0 aliphatic rings. The van der Waals surface area contributed by atoms with Gasteiger partial charge in [-0.25, -0.2) is 0 Å². The Hall–Kier alpha value is 0.430. The van der Waals surface area contributed by atoms with Gasteiger partial charge in [-0.05, 0) is 51.4 Å². The SMILES string of the molecule is CCCCCCCCCCCCCCCCCCC[P+](CCCCCCC)(CCCCCCCCCCCCCCCCCCC)CCCCCCCCCCCCCCCCCCC. The molecule has 0 atom stereocenters. The Bertz CT molecular complexity index is 710. The topological polar surface area (TPSA) is 0 Å². The van der Waals surface area contributed by atoms with Gasteiger partial charge in [0.15, 0.2) is 0 Å². The van der Waals surface area contributed by atoms with Gasteiger partial charge in [-0.15, -0.1) is 0 Å². The van der Waals surface area contributed by atoms with E-state index < -0.39 is 7.26 Å². The Balaban J connectivity index is 4.62. The van der Waals surface area contributed by atoms with Crippen molar-refractivity contribution in [2.75, 3.05) is 24.6 Å². The van der Waals surface area contributed by atoms with Crippen LogP contribution in [0.5, 0.6) is 0 Å². The van der Waals surface area contributed by atoms with Crippen molar-refractivity contribution in [3.05, 3.63) is 0 Å². The Morgan fingerprint density at radius 1 is 0.123 bits per heavy atom. The summed E-state index contributed by atoms with van der Waals surface area (Å²) in [5, 5.41) is 0. The smallest absolute Gasteiger partial charge is 0.0594 e. The summed E-state index contributed by atoms with van der Waals surface area (Å²) < 4.78 is 0. The molecule has 392 valence electrons. The number of unbranched alkanes of at least 4 members (excludes halogenated alkanes) is 52. The lowest BCUT2D eigenvalue weighted by atomic mass is 10.0. The number of hydrogen-bond donors (Lipinski definition) is 0. The van der Waals surface area contributed by atoms with Crippen LogP contribution in [-0.2, 0) is 0 Å². The average Bonchev–Trinajstić information content (AvgIpc) is 3.31. The standard InChI is InChI=1S/C64H132P/c1-5-9-13-17-20-23-26-29-32-35-38-41-44-47-50-54-58-62-65(61-57-53-16-12-8-4,63-59-55-51-48-45-42-39-36-33-30-27-24-21-18-14-10-6-2)64-60-56-52-49-46-43-40-37-34-31-28-25-22-19-15-11-7-3/h5-64H2,1-4H3/q+1. The van der Waals surface area contributed by atoms with Crippen LogP contribution >= 0.6 is 7.26 Å². The second kappa shape index (κ2) is 58.7. The van der Waals surface area contributed by atoms with Crippen LogP contribution in [0.15, 0.2) is 0 Å². The highest BCUT2D eigenvalue weighted by Gasteiger charge is 2.35. The van der Waals surface area contributed by atoms with Gasteiger partial charge in [-0.1, -0.05) is 336 Å². The maximum absolute atomic E-state index is 2.39. The zero-order chi connectivity index (χ0) is 46.9. The van der Waals surface area contributed by atoms with Crippen molar-refractivity contribution in [3.8, 4) is 0 Å². The Morgan fingerprint density at radius 2 is 0.215 bits per heavy atom. The molecule has 0 saturated heterocycles. The van der Waals surface area contributed by atoms with Crippen molar-refractivity contribution in [3.63, 3.8) is 0 Å². The maximum Gasteiger partial charge on any atom is 0.0594 e. The van der Waals surface area contributed by atoms with E-state index in [4.69, 9.17) is 0 Å². The van der Waals surface area contributed by atoms with Crippen molar-refractivity contribution in [1.82, 2.24) is 0 Å². The van der Waals surface area contributed by atoms with E-state index in [9.17, 15) is 0 Å². The third-order valence-electron chi connectivity index (χ3n) is 15.9. The molecule has 0 aromatic heterocycles. The van der Waals surface area contributed by atoms with Gasteiger partial charge in [0.25, 0.3) is 0 Å². The van der Waals surface area contributed by atoms with Crippen molar-refractivity contribution >= 4 is 7.26 Å². The first-order valence-corrected chi connectivity index (χ1v) is 34.6. The predicted molar refractivity (Wildman–Crippen MR) is 308 cm³/mol. The summed E-state index contributed by atoms with van der Waals surface area (Å²) in [6.45, 7) is 9.38. The van der Waals surface area contributed by atoms with Crippen molar-refractivity contribution in [2.24, 2.45) is 0 Å². The summed E-state index contributed by atoms with van der Waals surface area (Å²) in [7, 11) is -0.814. The largest absolute Gasteiger partial charge is 0.0654 e. The average molecular weight is 933 g/mol. The first-order valence-electron chi connectivity index (χ1n) is 32.1. The van der Waals surface area contributed by atoms with Crippen molar-refractivity contribution < 1.29 is 0 Å². The van der Waals surface area contributed by atoms with Crippen LogP contribution in [0.25, 0.3) is 0 Å². The molecule has 0 fully saturated rings. The molecule has 0 unspecified atom stereocenters. The van der Waals surface area contributed by atoms with E-state index in [1.807, 2.05) is 0 Å². The van der Waals surface area contributed by atoms with Crippen LogP contribution in [0.4, 0.5) is 0 Å². The summed E-state index contributed by atoms with van der Waals surface area (Å²) in [6.07, 6.45) is 90.2. The Kier molecular flexibility index (Phi) is 59.1. The van der Waals surface area contributed by atoms with Gasteiger partial charge >= 0.3 is 0 Å². The molecule has 0 saturated carbocycles. The fourth-order valence-corrected chi connectivity index (χ4v) is 16.2. The van der Waals surface area contributed by atoms with E-state index in [-0.39, 0.29) is 0 Å². The number of rotatable bonds is 60. The number of hydrogen-bond acceptors (Lipinski definition) is 0. The monoisotopic (exact) mass is 932 g/mol. The fraction of sp³-hybridized carbons (Fsp3) is 1.00. The van der Waals surface area contributed by atoms with Crippen LogP contribution in [0, 0.1) is 0 Å². The van der Waals surface area contributed by atoms with Crippen LogP contribution < -0.4 is 0 Å². The zero-order valence-corrected chi connectivity index (χ0v) is 47.8. The third kappa shape index (κ3) is 53.6. The second-order valence-corrected chi connectivity index (χ2v) is 27.1. The van der Waals surface area contributed by atoms with Crippen molar-refractivity contribution in [1.29, 1.82) is 0 Å². The van der Waals surface area contributed by atoms with Crippen LogP contribution in [0.3, 0.4) is 0 Å². The molecule has 0 spiro atoms. The minimum atomic E-state index is -0.814. The molecule has 0 rings (SSSR count). The quantitative estimate of drug-likeness (QED) is 0.0421. The predicted octanol–water partition coefficient (Wildman–Crippen LogP) is 24.9. The van der Waals surface area contributed by atoms with Gasteiger partial charge in [0, 0.05) is 7.26 Å². The van der Waals surface area contributed by atoms with Gasteiger partial charge in [0.2, 0.25) is 0 Å². The summed E-state index contributed by atoms with van der Waals surface area (Å²) in [6, 6.07) is 0. The molecule has 0 nitrogen and oxygen atoms in total. The van der Waals surface area contributed by atoms with Crippen LogP contribution in [0.1, 0.15) is 387 Å². The second-order valence-electron chi connectivity index (χ2n) is 22.6. The molecule has 0 heterocycles. The highest BCUT2D eigenvalue weighted by Crippen LogP contribution is 2.61. The minimum absolute atomic E-state index is 0.814. The Labute approximate surface area is 417 Å². The molecule has 0 bridgehead atoms. The van der Waals surface area contributed by atoms with E-state index in [2.05, 4.69) is 27.7 Å². The van der Waals surface area contributed by atoms with E-state index in [1.54, 1.807) is 50.3 Å². The summed E-state index contributed by atoms with van der Waals surface area (Å²) in [4.78, 5) is 0. The zero-order valence-electron chi connectivity index (χ0n) is 46.9. The summed E-state index contributed by atoms with van der Waals surface area (Å²) in [5.74, 6) is 0. The van der Waals surface area contributed by atoms with Gasteiger partial charge in [-0.3, -0.25) is 0 Å². The molecular formula is C64H132P+. The van der Waals surface area contributed by atoms with E-state index in [1.165, 1.54) is 334 Å². The third-order valence-corrected chi connectivity index (χ3v) is 21.0. The molecule has 0 aliphatic carbocycles. The van der Waals surface area contributed by atoms with Gasteiger partial charge in [-0.2, -0.15) is 0 Å². The van der Waals surface area contributed by atoms with Crippen LogP contribution in [-0.4, -0.2) is 24.6 Å². The van der Waals surface area contributed by atoms with Gasteiger partial charge in [0.05, 0.1) is 24.6 Å². The van der Waals surface area contributed by atoms with E-state index in [0.29, 0.717) is 0 Å². The lowest BCUT2D eigenvalue weighted by Gasteiger charge is -2.28. The molecule has 1 heteroatoms. The molecular weight excluding hydrogens is 800 g/mol. The van der Waals surface area contributed by atoms with Gasteiger partial charge in [0.1, 0.15) is 0 Å². The fourth-order valence-electron chi connectivity index (χ4n) is 11.2. The maximum atomic E-state index is 2.39. The first-order chi connectivity index (χ1) is 32.2. The molecule has 65 heavy (non-hydrogen) atoms. The van der Waals surface area contributed by atoms with Crippen molar-refractivity contribution in [2.45, 2.75) is 387 Å². The van der Waals surface area contributed by atoms with E-state index >= 15 is 0 Å². The highest BCUT2D eigenvalue weighted by molar-refractivity contribution is 7.75. The molecule has 0 aromatic carbocycles. The molecule has 0 aliphatic heterocycles.